The van der Waals surface area contributed by atoms with E-state index in [1.54, 1.807) is 25.7 Å². The molecule has 1 aliphatic heterocycles. The number of hydrogen-bond donors (Lipinski definition) is 0. The van der Waals surface area contributed by atoms with Gasteiger partial charge in [-0.3, -0.25) is 0 Å². The summed E-state index contributed by atoms with van der Waals surface area (Å²) in [4.78, 5) is 21.0. The number of rotatable bonds is 4. The minimum atomic E-state index is -4.44. The van der Waals surface area contributed by atoms with Crippen molar-refractivity contribution in [2.45, 2.75) is 51.5 Å². The Labute approximate surface area is 144 Å². The Balaban J connectivity index is 1.79. The normalized spacial score (nSPS) is 16.8. The van der Waals surface area contributed by atoms with Crippen LogP contribution in [0.5, 0.6) is 0 Å². The molecular formula is C16H22F3N3O3. The quantitative estimate of drug-likeness (QED) is 0.769. The summed E-state index contributed by atoms with van der Waals surface area (Å²) in [5.41, 5.74) is -1.42. The molecule has 0 aromatic carbocycles. The molecule has 1 aromatic heterocycles. The van der Waals surface area contributed by atoms with Gasteiger partial charge in [0.05, 0.1) is 11.7 Å². The SMILES string of the molecule is CC(C)(C)OC(=O)COC1CCN(c2ncc(C(F)(F)F)cn2)CC1. The number of hydrogen-bond acceptors (Lipinski definition) is 6. The van der Waals surface area contributed by atoms with Gasteiger partial charge in [0, 0.05) is 25.5 Å². The first kappa shape index (κ1) is 19.4. The average molecular weight is 361 g/mol. The first-order chi connectivity index (χ1) is 11.5. The molecule has 0 spiro atoms. The number of esters is 1. The fraction of sp³-hybridized carbons (Fsp3) is 0.688. The Morgan fingerprint density at radius 1 is 1.20 bits per heavy atom. The molecule has 6 nitrogen and oxygen atoms in total. The van der Waals surface area contributed by atoms with Crippen LogP contribution in [-0.2, 0) is 20.4 Å². The van der Waals surface area contributed by atoms with Crippen LogP contribution in [0, 0.1) is 0 Å². The number of carbonyl (C=O) groups excluding carboxylic acids is 1. The lowest BCUT2D eigenvalue weighted by molar-refractivity contribution is -0.162. The van der Waals surface area contributed by atoms with E-state index in [-0.39, 0.29) is 18.7 Å². The number of anilines is 1. The fourth-order valence-corrected chi connectivity index (χ4v) is 2.41. The second-order valence-corrected chi connectivity index (χ2v) is 6.85. The van der Waals surface area contributed by atoms with Gasteiger partial charge in [0.15, 0.2) is 0 Å². The third-order valence-corrected chi connectivity index (χ3v) is 3.55. The minimum Gasteiger partial charge on any atom is -0.458 e. The third-order valence-electron chi connectivity index (χ3n) is 3.55. The number of carbonyl (C=O) groups is 1. The van der Waals surface area contributed by atoms with Crippen molar-refractivity contribution in [2.75, 3.05) is 24.6 Å². The molecule has 0 atom stereocenters. The maximum Gasteiger partial charge on any atom is 0.419 e. The maximum atomic E-state index is 12.5. The lowest BCUT2D eigenvalue weighted by Crippen LogP contribution is -2.39. The Kier molecular flexibility index (Phi) is 5.87. The highest BCUT2D eigenvalue weighted by Gasteiger charge is 2.32. The standard InChI is InChI=1S/C16H22F3N3O3/c1-15(2,3)25-13(23)10-24-12-4-6-22(7-5-12)14-20-8-11(9-21-14)16(17,18)19/h8-9,12H,4-7,10H2,1-3H3. The summed E-state index contributed by atoms with van der Waals surface area (Å²) in [7, 11) is 0. The van der Waals surface area contributed by atoms with Crippen LogP contribution in [0.1, 0.15) is 39.2 Å². The minimum absolute atomic E-state index is 0.0989. The molecule has 1 aromatic rings. The second-order valence-electron chi connectivity index (χ2n) is 6.85. The van der Waals surface area contributed by atoms with Crippen molar-refractivity contribution in [2.24, 2.45) is 0 Å². The van der Waals surface area contributed by atoms with Crippen molar-refractivity contribution >= 4 is 11.9 Å². The number of piperidine rings is 1. The van der Waals surface area contributed by atoms with Gasteiger partial charge < -0.3 is 14.4 Å². The zero-order chi connectivity index (χ0) is 18.7. The van der Waals surface area contributed by atoms with E-state index >= 15 is 0 Å². The lowest BCUT2D eigenvalue weighted by atomic mass is 10.1. The van der Waals surface area contributed by atoms with Gasteiger partial charge in [0.25, 0.3) is 0 Å². The summed E-state index contributed by atoms with van der Waals surface area (Å²) in [5.74, 6) is -0.153. The molecule has 0 N–H and O–H groups in total. The molecule has 0 amide bonds. The Bertz CT molecular complexity index is 577. The summed E-state index contributed by atoms with van der Waals surface area (Å²) in [5, 5.41) is 0. The van der Waals surface area contributed by atoms with E-state index in [0.29, 0.717) is 25.9 Å². The van der Waals surface area contributed by atoms with Gasteiger partial charge in [-0.2, -0.15) is 13.2 Å². The summed E-state index contributed by atoms with van der Waals surface area (Å²) >= 11 is 0. The first-order valence-corrected chi connectivity index (χ1v) is 8.02. The summed E-state index contributed by atoms with van der Waals surface area (Å²) in [6, 6.07) is 0. The molecule has 0 aliphatic carbocycles. The molecule has 0 unspecified atom stereocenters. The van der Waals surface area contributed by atoms with E-state index in [1.165, 1.54) is 0 Å². The summed E-state index contributed by atoms with van der Waals surface area (Å²) < 4.78 is 48.3. The molecule has 1 aliphatic rings. The van der Waals surface area contributed by atoms with E-state index in [4.69, 9.17) is 9.47 Å². The van der Waals surface area contributed by atoms with Crippen LogP contribution in [-0.4, -0.2) is 47.3 Å². The third kappa shape index (κ3) is 6.15. The van der Waals surface area contributed by atoms with Gasteiger partial charge in [-0.15, -0.1) is 0 Å². The van der Waals surface area contributed by atoms with E-state index in [1.807, 2.05) is 0 Å². The Morgan fingerprint density at radius 3 is 2.24 bits per heavy atom. The molecule has 9 heteroatoms. The second kappa shape index (κ2) is 7.55. The average Bonchev–Trinajstić information content (AvgIpc) is 2.51. The highest BCUT2D eigenvalue weighted by Crippen LogP contribution is 2.28. The Hall–Kier alpha value is -1.90. The number of alkyl halides is 3. The number of nitrogens with zero attached hydrogens (tertiary/aromatic N) is 3. The van der Waals surface area contributed by atoms with Crippen LogP contribution in [0.15, 0.2) is 12.4 Å². The van der Waals surface area contributed by atoms with E-state index in [9.17, 15) is 18.0 Å². The van der Waals surface area contributed by atoms with Crippen molar-refractivity contribution in [3.8, 4) is 0 Å². The zero-order valence-electron chi connectivity index (χ0n) is 14.5. The van der Waals surface area contributed by atoms with Crippen LogP contribution in [0.4, 0.5) is 19.1 Å². The monoisotopic (exact) mass is 361 g/mol. The van der Waals surface area contributed by atoms with Crippen molar-refractivity contribution < 1.29 is 27.4 Å². The van der Waals surface area contributed by atoms with Crippen molar-refractivity contribution in [3.05, 3.63) is 18.0 Å². The van der Waals surface area contributed by atoms with Gasteiger partial charge in [-0.1, -0.05) is 0 Å². The topological polar surface area (TPSA) is 64.6 Å². The first-order valence-electron chi connectivity index (χ1n) is 8.02. The molecule has 1 saturated heterocycles. The maximum absolute atomic E-state index is 12.5. The molecule has 25 heavy (non-hydrogen) atoms. The van der Waals surface area contributed by atoms with Crippen molar-refractivity contribution in [1.82, 2.24) is 9.97 Å². The highest BCUT2D eigenvalue weighted by atomic mass is 19.4. The molecule has 0 bridgehead atoms. The smallest absolute Gasteiger partial charge is 0.419 e. The van der Waals surface area contributed by atoms with E-state index < -0.39 is 23.3 Å². The Morgan fingerprint density at radius 2 is 1.76 bits per heavy atom. The van der Waals surface area contributed by atoms with Crippen LogP contribution in [0.3, 0.4) is 0 Å². The fourth-order valence-electron chi connectivity index (χ4n) is 2.41. The molecule has 0 saturated carbocycles. The molecule has 2 rings (SSSR count). The molecule has 0 radical (unpaired) electrons. The van der Waals surface area contributed by atoms with Crippen LogP contribution in [0.2, 0.25) is 0 Å². The number of ether oxygens (including phenoxy) is 2. The van der Waals surface area contributed by atoms with Gasteiger partial charge >= 0.3 is 12.1 Å². The van der Waals surface area contributed by atoms with E-state index in [2.05, 4.69) is 9.97 Å². The van der Waals surface area contributed by atoms with Crippen LogP contribution >= 0.6 is 0 Å². The number of aromatic nitrogens is 2. The van der Waals surface area contributed by atoms with Crippen LogP contribution < -0.4 is 4.90 Å². The summed E-state index contributed by atoms with van der Waals surface area (Å²) in [6.07, 6.45) is -1.71. The summed E-state index contributed by atoms with van der Waals surface area (Å²) in [6.45, 7) is 6.34. The molecule has 140 valence electrons. The van der Waals surface area contributed by atoms with Crippen LogP contribution in [0.25, 0.3) is 0 Å². The predicted molar refractivity (Wildman–Crippen MR) is 84.1 cm³/mol. The van der Waals surface area contributed by atoms with Crippen molar-refractivity contribution in [3.63, 3.8) is 0 Å². The number of halogens is 3. The van der Waals surface area contributed by atoms with Gasteiger partial charge in [-0.25, -0.2) is 14.8 Å². The molecule has 1 fully saturated rings. The largest absolute Gasteiger partial charge is 0.458 e. The highest BCUT2D eigenvalue weighted by molar-refractivity contribution is 5.71. The molecule has 2 heterocycles. The molecular weight excluding hydrogens is 339 g/mol. The predicted octanol–water partition coefficient (Wildman–Crippen LogP) is 2.82. The van der Waals surface area contributed by atoms with E-state index in [0.717, 1.165) is 12.4 Å². The van der Waals surface area contributed by atoms with Crippen molar-refractivity contribution in [1.29, 1.82) is 0 Å². The van der Waals surface area contributed by atoms with Gasteiger partial charge in [-0.05, 0) is 33.6 Å². The van der Waals surface area contributed by atoms with Gasteiger partial charge in [0.2, 0.25) is 5.95 Å². The zero-order valence-corrected chi connectivity index (χ0v) is 14.5. The van der Waals surface area contributed by atoms with Gasteiger partial charge in [0.1, 0.15) is 12.2 Å². The lowest BCUT2D eigenvalue weighted by Gasteiger charge is -2.32.